The molecule has 20 heavy (non-hydrogen) atoms. The van der Waals surface area contributed by atoms with Gasteiger partial charge in [-0.3, -0.25) is 0 Å². The normalized spacial score (nSPS) is 10.8. The molecule has 0 radical (unpaired) electrons. The molecule has 0 N–H and O–H groups in total. The van der Waals surface area contributed by atoms with Crippen molar-refractivity contribution in [2.75, 3.05) is 0 Å². The maximum atomic E-state index is 13.6. The Kier molecular flexibility index (Phi) is 2.90. The molecule has 0 aliphatic carbocycles. The molecule has 0 saturated carbocycles. The van der Waals surface area contributed by atoms with Crippen LogP contribution in [0.2, 0.25) is 0 Å². The van der Waals surface area contributed by atoms with Crippen molar-refractivity contribution in [2.45, 2.75) is 0 Å². The van der Waals surface area contributed by atoms with Gasteiger partial charge in [-0.25, -0.2) is 23.1 Å². The first-order chi connectivity index (χ1) is 9.66. The average Bonchev–Trinajstić information content (AvgIpc) is 2.95. The molecule has 0 fully saturated rings. The third kappa shape index (κ3) is 2.00. The average molecular weight is 278 g/mol. The predicted molar refractivity (Wildman–Crippen MR) is 60.6 cm³/mol. The second-order valence-electron chi connectivity index (χ2n) is 3.77. The molecule has 2 aromatic heterocycles. The number of aromatic nitrogens is 4. The Bertz CT molecular complexity index is 761. The van der Waals surface area contributed by atoms with E-state index in [1.807, 2.05) is 0 Å². The monoisotopic (exact) mass is 278 g/mol. The maximum Gasteiger partial charge on any atom is 0.261 e. The summed E-state index contributed by atoms with van der Waals surface area (Å²) in [4.78, 5) is 11.4. The van der Waals surface area contributed by atoms with E-state index in [0.717, 1.165) is 12.1 Å². The fourth-order valence-electron chi connectivity index (χ4n) is 1.56. The second-order valence-corrected chi connectivity index (χ2v) is 3.77. The van der Waals surface area contributed by atoms with Gasteiger partial charge < -0.3 is 4.52 Å². The van der Waals surface area contributed by atoms with Crippen molar-refractivity contribution in [3.8, 4) is 22.8 Å². The molecule has 0 saturated heterocycles. The zero-order valence-electron chi connectivity index (χ0n) is 9.72. The van der Waals surface area contributed by atoms with Crippen molar-refractivity contribution in [1.82, 2.24) is 20.1 Å². The quantitative estimate of drug-likeness (QED) is 0.674. The summed E-state index contributed by atoms with van der Waals surface area (Å²) in [6.07, 6.45) is 4.16. The van der Waals surface area contributed by atoms with Gasteiger partial charge >= 0.3 is 0 Å². The van der Waals surface area contributed by atoms with E-state index in [9.17, 15) is 13.2 Å². The van der Waals surface area contributed by atoms with Crippen molar-refractivity contribution in [3.63, 3.8) is 0 Å². The summed E-state index contributed by atoms with van der Waals surface area (Å²) >= 11 is 0. The summed E-state index contributed by atoms with van der Waals surface area (Å²) in [5, 5.41) is 3.52. The molecular weight excluding hydrogens is 273 g/mol. The summed E-state index contributed by atoms with van der Waals surface area (Å²) < 4.78 is 44.5. The molecule has 0 aliphatic heterocycles. The van der Waals surface area contributed by atoms with Crippen LogP contribution in [0.25, 0.3) is 22.8 Å². The van der Waals surface area contributed by atoms with Crippen molar-refractivity contribution >= 4 is 0 Å². The fraction of sp³-hybridized carbons (Fsp3) is 0. The van der Waals surface area contributed by atoms with Crippen molar-refractivity contribution in [2.24, 2.45) is 0 Å². The van der Waals surface area contributed by atoms with Crippen molar-refractivity contribution < 1.29 is 17.7 Å². The van der Waals surface area contributed by atoms with Gasteiger partial charge in [0.1, 0.15) is 6.33 Å². The third-order valence-electron chi connectivity index (χ3n) is 2.51. The summed E-state index contributed by atoms with van der Waals surface area (Å²) in [5.74, 6) is -4.39. The first-order valence-corrected chi connectivity index (χ1v) is 5.40. The van der Waals surface area contributed by atoms with Crippen LogP contribution in [0.4, 0.5) is 13.2 Å². The molecule has 0 bridgehead atoms. The van der Waals surface area contributed by atoms with Crippen LogP contribution in [-0.2, 0) is 0 Å². The minimum atomic E-state index is -1.59. The van der Waals surface area contributed by atoms with Crippen molar-refractivity contribution in [3.05, 3.63) is 48.3 Å². The lowest BCUT2D eigenvalue weighted by Gasteiger charge is -1.99. The maximum absolute atomic E-state index is 13.6. The molecule has 3 rings (SSSR count). The Labute approximate surface area is 110 Å². The number of rotatable bonds is 2. The van der Waals surface area contributed by atoms with Crippen LogP contribution >= 0.6 is 0 Å². The van der Waals surface area contributed by atoms with Gasteiger partial charge in [-0.05, 0) is 12.1 Å². The summed E-state index contributed by atoms with van der Waals surface area (Å²) in [5.41, 5.74) is 0.130. The smallest absolute Gasteiger partial charge is 0.261 e. The molecule has 3 aromatic rings. The van der Waals surface area contributed by atoms with Gasteiger partial charge in [-0.15, -0.1) is 0 Å². The first kappa shape index (κ1) is 12.3. The predicted octanol–water partition coefficient (Wildman–Crippen LogP) is 2.61. The molecule has 0 unspecified atom stereocenters. The van der Waals surface area contributed by atoms with Crippen LogP contribution in [0, 0.1) is 17.5 Å². The first-order valence-electron chi connectivity index (χ1n) is 5.40. The van der Waals surface area contributed by atoms with Crippen molar-refractivity contribution in [1.29, 1.82) is 0 Å². The highest BCUT2D eigenvalue weighted by molar-refractivity contribution is 5.59. The largest absolute Gasteiger partial charge is 0.333 e. The highest BCUT2D eigenvalue weighted by Crippen LogP contribution is 2.25. The van der Waals surface area contributed by atoms with E-state index in [0.29, 0.717) is 5.56 Å². The zero-order valence-corrected chi connectivity index (χ0v) is 9.72. The molecular formula is C12H5F3N4O. The van der Waals surface area contributed by atoms with Gasteiger partial charge in [0.25, 0.3) is 5.89 Å². The van der Waals surface area contributed by atoms with E-state index in [4.69, 9.17) is 4.52 Å². The minimum absolute atomic E-state index is 0.0460. The van der Waals surface area contributed by atoms with Gasteiger partial charge in [0, 0.05) is 12.4 Å². The molecule has 100 valence electrons. The van der Waals surface area contributed by atoms with Gasteiger partial charge in [0.15, 0.2) is 17.5 Å². The second kappa shape index (κ2) is 4.72. The highest BCUT2D eigenvalue weighted by Gasteiger charge is 2.19. The lowest BCUT2D eigenvalue weighted by molar-refractivity contribution is 0.429. The summed E-state index contributed by atoms with van der Waals surface area (Å²) in [6.45, 7) is 0. The van der Waals surface area contributed by atoms with Crippen LogP contribution in [0.1, 0.15) is 0 Å². The molecule has 5 nitrogen and oxygen atoms in total. The lowest BCUT2D eigenvalue weighted by atomic mass is 10.2. The molecule has 0 spiro atoms. The zero-order chi connectivity index (χ0) is 14.1. The number of benzene rings is 1. The van der Waals surface area contributed by atoms with Crippen LogP contribution in [0.3, 0.4) is 0 Å². The number of hydrogen-bond acceptors (Lipinski definition) is 5. The van der Waals surface area contributed by atoms with Gasteiger partial charge in [-0.2, -0.15) is 4.98 Å². The van der Waals surface area contributed by atoms with Gasteiger partial charge in [0.2, 0.25) is 5.82 Å². The van der Waals surface area contributed by atoms with Gasteiger partial charge in [-0.1, -0.05) is 5.16 Å². The van der Waals surface area contributed by atoms with E-state index < -0.39 is 17.5 Å². The van der Waals surface area contributed by atoms with Crippen LogP contribution in [-0.4, -0.2) is 20.1 Å². The Hall–Kier alpha value is -2.77. The Morgan fingerprint density at radius 2 is 1.70 bits per heavy atom. The Morgan fingerprint density at radius 1 is 0.950 bits per heavy atom. The van der Waals surface area contributed by atoms with Crippen LogP contribution < -0.4 is 0 Å². The number of nitrogens with zero attached hydrogens (tertiary/aromatic N) is 4. The van der Waals surface area contributed by atoms with E-state index in [-0.39, 0.29) is 17.3 Å². The molecule has 2 heterocycles. The summed E-state index contributed by atoms with van der Waals surface area (Å²) in [7, 11) is 0. The fourth-order valence-corrected chi connectivity index (χ4v) is 1.56. The van der Waals surface area contributed by atoms with E-state index in [1.165, 1.54) is 18.7 Å². The van der Waals surface area contributed by atoms with Crippen LogP contribution in [0.15, 0.2) is 35.4 Å². The summed E-state index contributed by atoms with van der Waals surface area (Å²) in [6, 6.07) is 1.82. The van der Waals surface area contributed by atoms with E-state index >= 15 is 0 Å². The van der Waals surface area contributed by atoms with Gasteiger partial charge in [0.05, 0.1) is 11.1 Å². The highest BCUT2D eigenvalue weighted by atomic mass is 19.2. The number of hydrogen-bond donors (Lipinski definition) is 0. The SMILES string of the molecule is Fc1ccc(-c2noc(-c3cncnc3)n2)c(F)c1F. The van der Waals surface area contributed by atoms with Crippen LogP contribution in [0.5, 0.6) is 0 Å². The third-order valence-corrected chi connectivity index (χ3v) is 2.51. The molecule has 8 heteroatoms. The standard InChI is InChI=1S/C12H5F3N4O/c13-8-2-1-7(9(14)10(8)15)11-18-12(20-19-11)6-3-16-5-17-4-6/h1-5H. The lowest BCUT2D eigenvalue weighted by Crippen LogP contribution is -1.95. The number of halogens is 3. The van der Waals surface area contributed by atoms with E-state index in [1.54, 1.807) is 0 Å². The topological polar surface area (TPSA) is 64.7 Å². The Balaban J connectivity index is 2.05. The Morgan fingerprint density at radius 3 is 2.45 bits per heavy atom. The van der Waals surface area contributed by atoms with E-state index in [2.05, 4.69) is 20.1 Å². The molecule has 0 atom stereocenters. The molecule has 0 amide bonds. The minimum Gasteiger partial charge on any atom is -0.333 e. The molecule has 1 aromatic carbocycles. The molecule has 0 aliphatic rings.